The van der Waals surface area contributed by atoms with E-state index in [0.29, 0.717) is 37.0 Å². The summed E-state index contributed by atoms with van der Waals surface area (Å²) >= 11 is 5.84. The Morgan fingerprint density at radius 1 is 1.41 bits per heavy atom. The van der Waals surface area contributed by atoms with E-state index < -0.39 is 11.0 Å². The third kappa shape index (κ3) is 4.30. The molecule has 0 saturated carbocycles. The number of aliphatic hydroxyl groups excluding tert-OH is 1. The van der Waals surface area contributed by atoms with E-state index in [1.807, 2.05) is 4.90 Å². The van der Waals surface area contributed by atoms with Gasteiger partial charge in [0.1, 0.15) is 5.69 Å². The Morgan fingerprint density at radius 3 is 2.68 bits per heavy atom. The third-order valence-corrected chi connectivity index (χ3v) is 3.91. The minimum atomic E-state index is -0.513. The molecule has 1 aliphatic heterocycles. The molecule has 1 aromatic carbocycles. The molecule has 1 fully saturated rings. The van der Waals surface area contributed by atoms with Crippen LogP contribution < -0.4 is 4.90 Å². The van der Waals surface area contributed by atoms with E-state index in [1.165, 1.54) is 6.07 Å². The highest BCUT2D eigenvalue weighted by molar-refractivity contribution is 6.30. The smallest absolute Gasteiger partial charge is 0.294 e. The van der Waals surface area contributed by atoms with E-state index in [4.69, 9.17) is 16.3 Å². The predicted octanol–water partition coefficient (Wildman–Crippen LogP) is 1.38. The molecule has 0 spiro atoms. The van der Waals surface area contributed by atoms with Crippen LogP contribution in [0.25, 0.3) is 0 Å². The average Bonchev–Trinajstić information content (AvgIpc) is 2.48. The number of ether oxygens (including phenoxy) is 1. The number of piperazine rings is 1. The minimum Gasteiger partial charge on any atom is -0.389 e. The zero-order chi connectivity index (χ0) is 16.1. The van der Waals surface area contributed by atoms with Crippen LogP contribution >= 0.6 is 11.6 Å². The zero-order valence-electron chi connectivity index (χ0n) is 12.4. The molecule has 8 heteroatoms. The maximum absolute atomic E-state index is 11.2. The van der Waals surface area contributed by atoms with Crippen LogP contribution in [-0.4, -0.2) is 67.5 Å². The maximum Gasteiger partial charge on any atom is 0.294 e. The van der Waals surface area contributed by atoms with Gasteiger partial charge in [-0.05, 0) is 12.1 Å². The van der Waals surface area contributed by atoms with E-state index in [1.54, 1.807) is 19.2 Å². The van der Waals surface area contributed by atoms with Crippen LogP contribution in [0.15, 0.2) is 18.2 Å². The molecule has 2 rings (SSSR count). The number of anilines is 1. The van der Waals surface area contributed by atoms with Gasteiger partial charge in [0.2, 0.25) is 0 Å². The van der Waals surface area contributed by atoms with Gasteiger partial charge in [-0.2, -0.15) is 0 Å². The lowest BCUT2D eigenvalue weighted by Crippen LogP contribution is -2.49. The number of nitro groups is 1. The van der Waals surface area contributed by atoms with Crippen molar-refractivity contribution >= 4 is 23.0 Å². The summed E-state index contributed by atoms with van der Waals surface area (Å²) in [5.41, 5.74) is 0.617. The lowest BCUT2D eigenvalue weighted by molar-refractivity contribution is -0.384. The van der Waals surface area contributed by atoms with Gasteiger partial charge in [-0.1, -0.05) is 11.6 Å². The molecule has 122 valence electrons. The highest BCUT2D eigenvalue weighted by Crippen LogP contribution is 2.31. The molecule has 22 heavy (non-hydrogen) atoms. The number of hydrogen-bond acceptors (Lipinski definition) is 6. The summed E-state index contributed by atoms with van der Waals surface area (Å²) in [6.45, 7) is 3.67. The zero-order valence-corrected chi connectivity index (χ0v) is 13.2. The number of nitrogens with zero attached hydrogens (tertiary/aromatic N) is 3. The molecule has 1 aromatic rings. The van der Waals surface area contributed by atoms with Crippen LogP contribution in [0.4, 0.5) is 11.4 Å². The van der Waals surface area contributed by atoms with Gasteiger partial charge in [0.05, 0.1) is 17.6 Å². The van der Waals surface area contributed by atoms with Crippen molar-refractivity contribution in [1.82, 2.24) is 4.90 Å². The summed E-state index contributed by atoms with van der Waals surface area (Å²) in [6.07, 6.45) is -0.513. The average molecular weight is 330 g/mol. The molecule has 0 aromatic heterocycles. The van der Waals surface area contributed by atoms with Crippen molar-refractivity contribution in [2.24, 2.45) is 0 Å². The highest BCUT2D eigenvalue weighted by atomic mass is 35.5. The van der Waals surface area contributed by atoms with Crippen LogP contribution in [0.5, 0.6) is 0 Å². The quantitative estimate of drug-likeness (QED) is 0.627. The molecule has 1 N–H and O–H groups in total. The first-order chi connectivity index (χ1) is 10.5. The van der Waals surface area contributed by atoms with Gasteiger partial charge < -0.3 is 14.7 Å². The molecule has 7 nitrogen and oxygen atoms in total. The molecule has 1 atom stereocenters. The van der Waals surface area contributed by atoms with Crippen molar-refractivity contribution in [2.45, 2.75) is 6.10 Å². The standard InChI is InChI=1S/C14H20ClN3O4/c1-22-10-12(19)9-16-4-6-17(7-5-16)13-3-2-11(15)8-14(13)18(20)21/h2-3,8,12,19H,4-7,9-10H2,1H3. The van der Waals surface area contributed by atoms with Gasteiger partial charge >= 0.3 is 0 Å². The van der Waals surface area contributed by atoms with Gasteiger partial charge in [-0.15, -0.1) is 0 Å². The van der Waals surface area contributed by atoms with E-state index in [9.17, 15) is 15.2 Å². The summed E-state index contributed by atoms with van der Waals surface area (Å²) < 4.78 is 4.91. The number of rotatable bonds is 6. The monoisotopic (exact) mass is 329 g/mol. The second-order valence-electron chi connectivity index (χ2n) is 5.29. The van der Waals surface area contributed by atoms with E-state index >= 15 is 0 Å². The fourth-order valence-corrected chi connectivity index (χ4v) is 2.79. The highest BCUT2D eigenvalue weighted by Gasteiger charge is 2.24. The predicted molar refractivity (Wildman–Crippen MR) is 84.6 cm³/mol. The summed E-state index contributed by atoms with van der Waals surface area (Å²) in [6, 6.07) is 4.74. The summed E-state index contributed by atoms with van der Waals surface area (Å²) in [5.74, 6) is 0. The minimum absolute atomic E-state index is 0.0281. The summed E-state index contributed by atoms with van der Waals surface area (Å²) in [4.78, 5) is 14.9. The van der Waals surface area contributed by atoms with Gasteiger partial charge in [0.25, 0.3) is 5.69 Å². The van der Waals surface area contributed by atoms with Crippen LogP contribution in [-0.2, 0) is 4.74 Å². The first-order valence-corrected chi connectivity index (χ1v) is 7.47. The molecule has 0 aliphatic carbocycles. The normalized spacial score (nSPS) is 17.5. The second kappa shape index (κ2) is 7.73. The summed E-state index contributed by atoms with van der Waals surface area (Å²) in [7, 11) is 1.56. The molecule has 1 aliphatic rings. The van der Waals surface area contributed by atoms with E-state index in [-0.39, 0.29) is 5.69 Å². The molecule has 0 amide bonds. The first kappa shape index (κ1) is 17.0. The molecule has 0 radical (unpaired) electrons. The molecule has 1 unspecified atom stereocenters. The van der Waals surface area contributed by atoms with Crippen LogP contribution in [0, 0.1) is 10.1 Å². The molecular weight excluding hydrogens is 310 g/mol. The number of hydrogen-bond donors (Lipinski definition) is 1. The van der Waals surface area contributed by atoms with Gasteiger partial charge in [0, 0.05) is 50.9 Å². The Hall–Kier alpha value is -1.41. The molecule has 1 heterocycles. The fourth-order valence-electron chi connectivity index (χ4n) is 2.62. The number of β-amino-alcohol motifs (C(OH)–C–C–N with tert-alkyl or cyclic N) is 1. The molecule has 1 saturated heterocycles. The number of methoxy groups -OCH3 is 1. The van der Waals surface area contributed by atoms with E-state index in [0.717, 1.165) is 13.1 Å². The van der Waals surface area contributed by atoms with Crippen LogP contribution in [0.2, 0.25) is 5.02 Å². The first-order valence-electron chi connectivity index (χ1n) is 7.09. The Labute approximate surface area is 134 Å². The SMILES string of the molecule is COCC(O)CN1CCN(c2ccc(Cl)cc2[N+](=O)[O-])CC1. The molecular formula is C14H20ClN3O4. The summed E-state index contributed by atoms with van der Waals surface area (Å²) in [5, 5.41) is 21.3. The van der Waals surface area contributed by atoms with Gasteiger partial charge in [-0.3, -0.25) is 15.0 Å². The second-order valence-corrected chi connectivity index (χ2v) is 5.72. The van der Waals surface area contributed by atoms with Crippen molar-refractivity contribution in [3.05, 3.63) is 33.3 Å². The Bertz CT molecular complexity index is 521. The Kier molecular flexibility index (Phi) is 5.96. The topological polar surface area (TPSA) is 79.1 Å². The number of halogens is 1. The fraction of sp³-hybridized carbons (Fsp3) is 0.571. The Morgan fingerprint density at radius 2 is 2.09 bits per heavy atom. The Balaban J connectivity index is 1.98. The van der Waals surface area contributed by atoms with Crippen LogP contribution in [0.3, 0.4) is 0 Å². The lowest BCUT2D eigenvalue weighted by atomic mass is 10.2. The van der Waals surface area contributed by atoms with Crippen molar-refractivity contribution in [3.8, 4) is 0 Å². The number of aliphatic hydroxyl groups is 1. The van der Waals surface area contributed by atoms with Crippen LogP contribution in [0.1, 0.15) is 0 Å². The van der Waals surface area contributed by atoms with Crippen molar-refractivity contribution in [3.63, 3.8) is 0 Å². The van der Waals surface area contributed by atoms with Crippen molar-refractivity contribution in [2.75, 3.05) is 51.3 Å². The lowest BCUT2D eigenvalue weighted by Gasteiger charge is -2.36. The van der Waals surface area contributed by atoms with Crippen molar-refractivity contribution in [1.29, 1.82) is 0 Å². The van der Waals surface area contributed by atoms with Crippen molar-refractivity contribution < 1.29 is 14.8 Å². The maximum atomic E-state index is 11.2. The van der Waals surface area contributed by atoms with Gasteiger partial charge in [-0.25, -0.2) is 0 Å². The van der Waals surface area contributed by atoms with E-state index in [2.05, 4.69) is 4.90 Å². The number of benzene rings is 1. The number of nitro benzene ring substituents is 1. The molecule has 0 bridgehead atoms. The largest absolute Gasteiger partial charge is 0.389 e. The third-order valence-electron chi connectivity index (χ3n) is 3.68. The van der Waals surface area contributed by atoms with Gasteiger partial charge in [0.15, 0.2) is 0 Å².